The molecule has 0 radical (unpaired) electrons. The summed E-state index contributed by atoms with van der Waals surface area (Å²) in [7, 11) is 0. The standard InChI is InChI=1S/C26H36N4O/c1-4-20-5-7-21(8-6-20)13-28-15-23(24-16-30(18-27-24)19(2)3)26(17-28)11-12-29(25(26)31)14-22-9-10-22/h5-8,16,18-19,22-23H,4,9-15,17H2,1-3H3/t23-,26-/m0/s1. The molecule has 1 aromatic carbocycles. The largest absolute Gasteiger partial charge is 0.342 e. The molecule has 3 fully saturated rings. The topological polar surface area (TPSA) is 41.4 Å². The van der Waals surface area contributed by atoms with E-state index in [0.717, 1.165) is 57.2 Å². The molecule has 1 aliphatic carbocycles. The van der Waals surface area contributed by atoms with Crippen LogP contribution in [0.2, 0.25) is 0 Å². The number of rotatable bonds is 7. The highest BCUT2D eigenvalue weighted by atomic mass is 16.2. The van der Waals surface area contributed by atoms with Gasteiger partial charge in [0.05, 0.1) is 17.4 Å². The second kappa shape index (κ2) is 8.09. The van der Waals surface area contributed by atoms with E-state index < -0.39 is 0 Å². The monoisotopic (exact) mass is 420 g/mol. The van der Waals surface area contributed by atoms with Crippen LogP contribution in [0.25, 0.3) is 0 Å². The van der Waals surface area contributed by atoms with Gasteiger partial charge in [0.1, 0.15) is 0 Å². The van der Waals surface area contributed by atoms with Crippen LogP contribution in [0, 0.1) is 11.3 Å². The number of hydrogen-bond donors (Lipinski definition) is 0. The molecule has 1 amide bonds. The molecule has 1 spiro atoms. The second-order valence-corrected chi connectivity index (χ2v) is 10.3. The van der Waals surface area contributed by atoms with E-state index in [4.69, 9.17) is 4.98 Å². The summed E-state index contributed by atoms with van der Waals surface area (Å²) in [6.07, 6.45) is 8.74. The van der Waals surface area contributed by atoms with Gasteiger partial charge < -0.3 is 9.47 Å². The van der Waals surface area contributed by atoms with Gasteiger partial charge in [-0.25, -0.2) is 4.98 Å². The molecule has 5 nitrogen and oxygen atoms in total. The number of aromatic nitrogens is 2. The predicted octanol–water partition coefficient (Wildman–Crippen LogP) is 4.25. The van der Waals surface area contributed by atoms with E-state index in [2.05, 4.69) is 65.6 Å². The Hall–Kier alpha value is -2.14. The summed E-state index contributed by atoms with van der Waals surface area (Å²) in [6.45, 7) is 11.1. The third-order valence-corrected chi connectivity index (χ3v) is 7.74. The van der Waals surface area contributed by atoms with Gasteiger partial charge in [0.2, 0.25) is 5.91 Å². The summed E-state index contributed by atoms with van der Waals surface area (Å²) < 4.78 is 2.18. The van der Waals surface area contributed by atoms with Crippen molar-refractivity contribution in [3.05, 3.63) is 53.6 Å². The summed E-state index contributed by atoms with van der Waals surface area (Å²) in [5.74, 6) is 1.30. The minimum absolute atomic E-state index is 0.180. The van der Waals surface area contributed by atoms with Crippen molar-refractivity contribution in [1.82, 2.24) is 19.4 Å². The zero-order valence-corrected chi connectivity index (χ0v) is 19.3. The minimum atomic E-state index is -0.311. The molecule has 5 heteroatoms. The molecule has 31 heavy (non-hydrogen) atoms. The van der Waals surface area contributed by atoms with Crippen molar-refractivity contribution in [3.63, 3.8) is 0 Å². The fraction of sp³-hybridized carbons (Fsp3) is 0.615. The van der Waals surface area contributed by atoms with Crippen molar-refractivity contribution in [3.8, 4) is 0 Å². The van der Waals surface area contributed by atoms with E-state index in [-0.39, 0.29) is 11.3 Å². The van der Waals surface area contributed by atoms with Gasteiger partial charge in [-0.1, -0.05) is 31.2 Å². The molecular weight excluding hydrogens is 384 g/mol. The number of carbonyl (C=O) groups is 1. The summed E-state index contributed by atoms with van der Waals surface area (Å²) in [5, 5.41) is 0. The molecule has 2 aliphatic heterocycles. The maximum absolute atomic E-state index is 13.8. The Kier molecular flexibility index (Phi) is 5.41. The Morgan fingerprint density at radius 3 is 2.55 bits per heavy atom. The molecule has 0 bridgehead atoms. The first-order valence-electron chi connectivity index (χ1n) is 12.1. The number of hydrogen-bond acceptors (Lipinski definition) is 3. The summed E-state index contributed by atoms with van der Waals surface area (Å²) in [4.78, 5) is 23.2. The maximum atomic E-state index is 13.8. The van der Waals surface area contributed by atoms with Gasteiger partial charge in [-0.05, 0) is 56.6 Å². The second-order valence-electron chi connectivity index (χ2n) is 10.3. The first-order chi connectivity index (χ1) is 15.0. The average Bonchev–Trinajstić information content (AvgIpc) is 3.19. The van der Waals surface area contributed by atoms with E-state index in [0.29, 0.717) is 11.9 Å². The van der Waals surface area contributed by atoms with E-state index >= 15 is 0 Å². The van der Waals surface area contributed by atoms with Crippen LogP contribution in [0.1, 0.15) is 68.8 Å². The number of carbonyl (C=O) groups excluding carboxylic acids is 1. The van der Waals surface area contributed by atoms with Gasteiger partial charge in [-0.3, -0.25) is 9.69 Å². The Labute approximate surface area is 186 Å². The van der Waals surface area contributed by atoms with Gasteiger partial charge in [-0.15, -0.1) is 0 Å². The number of benzene rings is 1. The molecule has 1 aromatic heterocycles. The van der Waals surface area contributed by atoms with E-state index in [1.54, 1.807) is 0 Å². The fourth-order valence-corrected chi connectivity index (χ4v) is 5.57. The maximum Gasteiger partial charge on any atom is 0.230 e. The highest BCUT2D eigenvalue weighted by molar-refractivity contribution is 5.87. The Morgan fingerprint density at radius 1 is 1.16 bits per heavy atom. The molecule has 2 aromatic rings. The van der Waals surface area contributed by atoms with Crippen molar-refractivity contribution in [1.29, 1.82) is 0 Å². The van der Waals surface area contributed by atoms with Crippen molar-refractivity contribution in [2.24, 2.45) is 11.3 Å². The van der Waals surface area contributed by atoms with Crippen LogP contribution < -0.4 is 0 Å². The molecule has 3 aliphatic rings. The first-order valence-corrected chi connectivity index (χ1v) is 12.1. The fourth-order valence-electron chi connectivity index (χ4n) is 5.57. The zero-order valence-electron chi connectivity index (χ0n) is 19.3. The predicted molar refractivity (Wildman–Crippen MR) is 123 cm³/mol. The van der Waals surface area contributed by atoms with E-state index in [9.17, 15) is 4.79 Å². The molecule has 166 valence electrons. The normalized spacial score (nSPS) is 26.6. The summed E-state index contributed by atoms with van der Waals surface area (Å²) in [6, 6.07) is 9.37. The van der Waals surface area contributed by atoms with Crippen molar-refractivity contribution >= 4 is 5.91 Å². The number of likely N-dealkylation sites (tertiary alicyclic amines) is 2. The lowest BCUT2D eigenvalue weighted by atomic mass is 9.75. The Balaban J connectivity index is 1.40. The quantitative estimate of drug-likeness (QED) is 0.672. The smallest absolute Gasteiger partial charge is 0.230 e. The van der Waals surface area contributed by atoms with Crippen molar-refractivity contribution in [2.45, 2.75) is 65.0 Å². The van der Waals surface area contributed by atoms with Gasteiger partial charge in [0.15, 0.2) is 0 Å². The van der Waals surface area contributed by atoms with Crippen LogP contribution in [0.3, 0.4) is 0 Å². The van der Waals surface area contributed by atoms with Crippen LogP contribution in [0.4, 0.5) is 0 Å². The number of amides is 1. The number of nitrogens with zero attached hydrogens (tertiary/aromatic N) is 4. The average molecular weight is 421 g/mol. The highest BCUT2D eigenvalue weighted by Gasteiger charge is 2.58. The number of imidazole rings is 1. The number of aryl methyl sites for hydroxylation is 1. The molecule has 5 rings (SSSR count). The summed E-state index contributed by atoms with van der Waals surface area (Å²) in [5.41, 5.74) is 3.49. The van der Waals surface area contributed by atoms with Crippen molar-refractivity contribution < 1.29 is 4.79 Å². The lowest BCUT2D eigenvalue weighted by Gasteiger charge is -2.28. The van der Waals surface area contributed by atoms with Crippen LogP contribution in [0.5, 0.6) is 0 Å². The van der Waals surface area contributed by atoms with Gasteiger partial charge in [0, 0.05) is 50.9 Å². The molecule has 2 saturated heterocycles. The van der Waals surface area contributed by atoms with Crippen molar-refractivity contribution in [2.75, 3.05) is 26.2 Å². The third-order valence-electron chi connectivity index (χ3n) is 7.74. The van der Waals surface area contributed by atoms with E-state index in [1.165, 1.54) is 24.0 Å². The van der Waals surface area contributed by atoms with Crippen LogP contribution in [0.15, 0.2) is 36.8 Å². The lowest BCUT2D eigenvalue weighted by Crippen LogP contribution is -2.40. The molecule has 0 unspecified atom stereocenters. The minimum Gasteiger partial charge on any atom is -0.342 e. The zero-order chi connectivity index (χ0) is 21.6. The lowest BCUT2D eigenvalue weighted by molar-refractivity contribution is -0.136. The molecule has 2 atom stereocenters. The molecular formula is C26H36N4O. The molecule has 0 N–H and O–H groups in total. The summed E-state index contributed by atoms with van der Waals surface area (Å²) >= 11 is 0. The molecule has 1 saturated carbocycles. The van der Waals surface area contributed by atoms with Gasteiger partial charge in [-0.2, -0.15) is 0 Å². The SMILES string of the molecule is CCc1ccc(CN2C[C@@H](c3cn(C(C)C)cn3)[C@]3(CCN(CC4CC4)C3=O)C2)cc1. The van der Waals surface area contributed by atoms with Gasteiger partial charge >= 0.3 is 0 Å². The van der Waals surface area contributed by atoms with Crippen LogP contribution in [-0.4, -0.2) is 51.4 Å². The third kappa shape index (κ3) is 3.93. The van der Waals surface area contributed by atoms with Crippen LogP contribution in [-0.2, 0) is 17.8 Å². The van der Waals surface area contributed by atoms with E-state index in [1.807, 2.05) is 6.33 Å². The Morgan fingerprint density at radius 2 is 1.90 bits per heavy atom. The molecule has 3 heterocycles. The Bertz CT molecular complexity index is 929. The first kappa shape index (κ1) is 20.7. The van der Waals surface area contributed by atoms with Gasteiger partial charge in [0.25, 0.3) is 0 Å². The highest BCUT2D eigenvalue weighted by Crippen LogP contribution is 2.50. The van der Waals surface area contributed by atoms with Crippen LogP contribution >= 0.6 is 0 Å².